The molecule has 1 aromatic heterocycles. The molecule has 0 unspecified atom stereocenters. The van der Waals surface area contributed by atoms with Crippen LogP contribution in [0.25, 0.3) is 11.0 Å². The van der Waals surface area contributed by atoms with Gasteiger partial charge in [-0.2, -0.15) is 0 Å². The number of fused-ring (bicyclic) bond motifs is 1. The molecular weight excluding hydrogens is 216 g/mol. The Bertz CT molecular complexity index is 528. The number of halogens is 1. The lowest BCUT2D eigenvalue weighted by molar-refractivity contribution is -0.304. The van der Waals surface area contributed by atoms with Crippen molar-refractivity contribution in [2.24, 2.45) is 0 Å². The Morgan fingerprint density at radius 1 is 1.53 bits per heavy atom. The molecule has 0 radical (unpaired) electrons. The lowest BCUT2D eigenvalue weighted by Crippen LogP contribution is -2.24. The summed E-state index contributed by atoms with van der Waals surface area (Å²) in [6, 6.07) is 3.50. The van der Waals surface area contributed by atoms with E-state index in [4.69, 9.17) is 16.0 Å². The zero-order valence-electron chi connectivity index (χ0n) is 8.04. The zero-order chi connectivity index (χ0) is 11.0. The molecule has 78 valence electrons. The Kier molecular flexibility index (Phi) is 2.40. The topological polar surface area (TPSA) is 53.3 Å². The molecule has 0 bridgehead atoms. The van der Waals surface area contributed by atoms with Crippen LogP contribution >= 0.6 is 11.6 Å². The third-order valence-corrected chi connectivity index (χ3v) is 2.68. The van der Waals surface area contributed by atoms with E-state index >= 15 is 0 Å². The highest BCUT2D eigenvalue weighted by Crippen LogP contribution is 2.27. The maximum Gasteiger partial charge on any atom is 0.135 e. The van der Waals surface area contributed by atoms with Crippen LogP contribution in [0.1, 0.15) is 11.1 Å². The number of carboxylic acid groups (broad SMARTS) is 1. The van der Waals surface area contributed by atoms with Gasteiger partial charge in [-0.25, -0.2) is 0 Å². The van der Waals surface area contributed by atoms with Crippen LogP contribution in [0.2, 0.25) is 5.02 Å². The van der Waals surface area contributed by atoms with Gasteiger partial charge in [-0.15, -0.1) is 0 Å². The molecule has 2 rings (SSSR count). The Morgan fingerprint density at radius 2 is 2.27 bits per heavy atom. The van der Waals surface area contributed by atoms with E-state index in [0.717, 1.165) is 10.9 Å². The molecule has 0 fully saturated rings. The van der Waals surface area contributed by atoms with Gasteiger partial charge in [-0.1, -0.05) is 11.6 Å². The summed E-state index contributed by atoms with van der Waals surface area (Å²) in [6.45, 7) is 1.86. The lowest BCUT2D eigenvalue weighted by atomic mass is 10.1. The first-order valence-electron chi connectivity index (χ1n) is 4.44. The van der Waals surface area contributed by atoms with Gasteiger partial charge in [0.05, 0.1) is 6.26 Å². The van der Waals surface area contributed by atoms with Gasteiger partial charge in [0.2, 0.25) is 0 Å². The van der Waals surface area contributed by atoms with Gasteiger partial charge in [0.25, 0.3) is 0 Å². The molecule has 0 aliphatic heterocycles. The molecule has 1 heterocycles. The van der Waals surface area contributed by atoms with Gasteiger partial charge in [0, 0.05) is 34.4 Å². The predicted molar refractivity (Wildman–Crippen MR) is 54.7 cm³/mol. The summed E-state index contributed by atoms with van der Waals surface area (Å²) in [5, 5.41) is 11.9. The molecule has 2 aromatic rings. The Morgan fingerprint density at radius 3 is 2.93 bits per heavy atom. The van der Waals surface area contributed by atoms with Gasteiger partial charge in [0.15, 0.2) is 0 Å². The smallest absolute Gasteiger partial charge is 0.135 e. The minimum absolute atomic E-state index is 0.145. The van der Waals surface area contributed by atoms with Crippen molar-refractivity contribution in [2.75, 3.05) is 0 Å². The number of hydrogen-bond acceptors (Lipinski definition) is 3. The molecule has 0 saturated carbocycles. The van der Waals surface area contributed by atoms with Crippen LogP contribution in [0.5, 0.6) is 0 Å². The number of carbonyl (C=O) groups is 1. The predicted octanol–water partition coefficient (Wildman–Crippen LogP) is 1.69. The van der Waals surface area contributed by atoms with E-state index in [1.165, 1.54) is 6.26 Å². The highest BCUT2D eigenvalue weighted by Gasteiger charge is 2.08. The summed E-state index contributed by atoms with van der Waals surface area (Å²) in [6.07, 6.45) is 1.28. The lowest BCUT2D eigenvalue weighted by Gasteiger charge is -2.00. The molecule has 0 aliphatic rings. The molecule has 3 nitrogen and oxygen atoms in total. The minimum atomic E-state index is -1.12. The molecule has 0 amide bonds. The monoisotopic (exact) mass is 223 g/mol. The number of carbonyl (C=O) groups excluding carboxylic acids is 1. The maximum absolute atomic E-state index is 10.5. The molecule has 0 spiro atoms. The van der Waals surface area contributed by atoms with Crippen LogP contribution < -0.4 is 5.11 Å². The number of rotatable bonds is 2. The van der Waals surface area contributed by atoms with Gasteiger partial charge >= 0.3 is 0 Å². The third kappa shape index (κ3) is 1.83. The van der Waals surface area contributed by atoms with Crippen LogP contribution in [-0.4, -0.2) is 5.97 Å². The molecular formula is C11H8ClO3-. The number of aryl methyl sites for hydroxylation is 1. The van der Waals surface area contributed by atoms with Crippen molar-refractivity contribution in [2.45, 2.75) is 13.3 Å². The summed E-state index contributed by atoms with van der Waals surface area (Å²) in [4.78, 5) is 10.5. The first kappa shape index (κ1) is 10.1. The number of aliphatic carboxylic acids is 1. The summed E-state index contributed by atoms with van der Waals surface area (Å²) < 4.78 is 5.21. The van der Waals surface area contributed by atoms with E-state index in [1.54, 1.807) is 6.07 Å². The largest absolute Gasteiger partial charge is 0.550 e. The van der Waals surface area contributed by atoms with Gasteiger partial charge < -0.3 is 14.3 Å². The van der Waals surface area contributed by atoms with Crippen molar-refractivity contribution in [1.29, 1.82) is 0 Å². The second-order valence-corrected chi connectivity index (χ2v) is 3.81. The van der Waals surface area contributed by atoms with Crippen molar-refractivity contribution >= 4 is 28.5 Å². The van der Waals surface area contributed by atoms with E-state index in [9.17, 15) is 9.90 Å². The maximum atomic E-state index is 10.5. The molecule has 4 heteroatoms. The average Bonchev–Trinajstić information content (AvgIpc) is 2.49. The molecule has 1 aromatic carbocycles. The Balaban J connectivity index is 2.59. The van der Waals surface area contributed by atoms with Gasteiger partial charge in [-0.05, 0) is 18.6 Å². The van der Waals surface area contributed by atoms with Crippen LogP contribution in [0.3, 0.4) is 0 Å². The van der Waals surface area contributed by atoms with E-state index in [-0.39, 0.29) is 6.42 Å². The van der Waals surface area contributed by atoms with Crippen molar-refractivity contribution < 1.29 is 14.3 Å². The van der Waals surface area contributed by atoms with Gasteiger partial charge in [0.1, 0.15) is 5.58 Å². The second-order valence-electron chi connectivity index (χ2n) is 3.41. The van der Waals surface area contributed by atoms with Crippen LogP contribution in [-0.2, 0) is 11.2 Å². The van der Waals surface area contributed by atoms with Crippen molar-refractivity contribution in [3.63, 3.8) is 0 Å². The standard InChI is InChI=1S/C11H9ClO3/c1-6-2-8-7(3-11(13)14)5-15-10(8)4-9(6)12/h2,4-5H,3H2,1H3,(H,13,14)/p-1. The van der Waals surface area contributed by atoms with E-state index in [0.29, 0.717) is 16.2 Å². The number of furan rings is 1. The zero-order valence-corrected chi connectivity index (χ0v) is 8.80. The molecule has 0 aliphatic carbocycles. The molecule has 0 atom stereocenters. The fraction of sp³-hybridized carbons (Fsp3) is 0.182. The Labute approximate surface area is 91.3 Å². The fourth-order valence-electron chi connectivity index (χ4n) is 1.50. The van der Waals surface area contributed by atoms with Crippen LogP contribution in [0.15, 0.2) is 22.8 Å². The quantitative estimate of drug-likeness (QED) is 0.779. The highest BCUT2D eigenvalue weighted by molar-refractivity contribution is 6.32. The second kappa shape index (κ2) is 3.59. The SMILES string of the molecule is Cc1cc2c(CC(=O)[O-])coc2cc1Cl. The number of hydrogen-bond donors (Lipinski definition) is 0. The molecule has 0 saturated heterocycles. The van der Waals surface area contributed by atoms with E-state index < -0.39 is 5.97 Å². The number of benzene rings is 1. The average molecular weight is 224 g/mol. The van der Waals surface area contributed by atoms with E-state index in [2.05, 4.69) is 0 Å². The normalized spacial score (nSPS) is 10.8. The van der Waals surface area contributed by atoms with E-state index in [1.807, 2.05) is 13.0 Å². The van der Waals surface area contributed by atoms with Crippen molar-refractivity contribution in [1.82, 2.24) is 0 Å². The van der Waals surface area contributed by atoms with Crippen LogP contribution in [0, 0.1) is 6.92 Å². The van der Waals surface area contributed by atoms with Gasteiger partial charge in [-0.3, -0.25) is 0 Å². The summed E-state index contributed by atoms with van der Waals surface area (Å²) in [5.41, 5.74) is 2.11. The highest BCUT2D eigenvalue weighted by atomic mass is 35.5. The molecule has 0 N–H and O–H groups in total. The summed E-state index contributed by atoms with van der Waals surface area (Å²) in [5.74, 6) is -1.12. The van der Waals surface area contributed by atoms with Crippen molar-refractivity contribution in [3.05, 3.63) is 34.5 Å². The van der Waals surface area contributed by atoms with Crippen molar-refractivity contribution in [3.8, 4) is 0 Å². The summed E-state index contributed by atoms with van der Waals surface area (Å²) >= 11 is 5.91. The minimum Gasteiger partial charge on any atom is -0.550 e. The Hall–Kier alpha value is -1.48. The third-order valence-electron chi connectivity index (χ3n) is 2.27. The first-order chi connectivity index (χ1) is 7.08. The number of carboxylic acids is 1. The fourth-order valence-corrected chi connectivity index (χ4v) is 1.66. The summed E-state index contributed by atoms with van der Waals surface area (Å²) in [7, 11) is 0. The van der Waals surface area contributed by atoms with Crippen LogP contribution in [0.4, 0.5) is 0 Å². The molecule has 15 heavy (non-hydrogen) atoms. The first-order valence-corrected chi connectivity index (χ1v) is 4.82.